The molecule has 0 radical (unpaired) electrons. The van der Waals surface area contributed by atoms with Crippen molar-refractivity contribution in [3.63, 3.8) is 0 Å². The Labute approximate surface area is 122 Å². The molecule has 0 saturated carbocycles. The van der Waals surface area contributed by atoms with Crippen LogP contribution in [0.5, 0.6) is 0 Å². The van der Waals surface area contributed by atoms with Gasteiger partial charge in [-0.1, -0.05) is 6.07 Å². The lowest BCUT2D eigenvalue weighted by atomic mass is 10.2. The van der Waals surface area contributed by atoms with Gasteiger partial charge in [-0.2, -0.15) is 4.31 Å². The Morgan fingerprint density at radius 2 is 2.24 bits per heavy atom. The molecule has 0 aromatic heterocycles. The Bertz CT molecular complexity index is 648. The number of nitrogens with two attached hydrogens (primary N) is 1. The molecule has 1 aromatic rings. The van der Waals surface area contributed by atoms with Gasteiger partial charge in [0.1, 0.15) is 11.4 Å². The molecule has 2 N–H and O–H groups in total. The third-order valence-corrected chi connectivity index (χ3v) is 5.54. The van der Waals surface area contributed by atoms with Crippen molar-refractivity contribution < 1.29 is 22.3 Å². The number of carbonyl (C=O) groups is 1. The molecule has 1 saturated heterocycles. The monoisotopic (exact) mass is 316 g/mol. The molecule has 1 fully saturated rings. The van der Waals surface area contributed by atoms with E-state index in [1.165, 1.54) is 16.4 Å². The maximum atomic E-state index is 13.9. The Morgan fingerprint density at radius 3 is 2.86 bits per heavy atom. The molecule has 116 valence electrons. The molecule has 0 amide bonds. The lowest BCUT2D eigenvalue weighted by molar-refractivity contribution is 0.0590. The van der Waals surface area contributed by atoms with E-state index in [4.69, 9.17) is 5.73 Å². The number of benzene rings is 1. The summed E-state index contributed by atoms with van der Waals surface area (Å²) in [5.41, 5.74) is 5.01. The van der Waals surface area contributed by atoms with E-state index in [1.54, 1.807) is 0 Å². The van der Waals surface area contributed by atoms with Crippen molar-refractivity contribution in [2.45, 2.75) is 23.8 Å². The van der Waals surface area contributed by atoms with Gasteiger partial charge in [0.05, 0.1) is 12.0 Å². The van der Waals surface area contributed by atoms with E-state index in [1.807, 2.05) is 0 Å². The predicted octanol–water partition coefficient (Wildman–Crippen LogP) is 0.724. The van der Waals surface area contributed by atoms with Crippen LogP contribution in [0.1, 0.15) is 23.2 Å². The van der Waals surface area contributed by atoms with Crippen LogP contribution in [-0.4, -0.2) is 44.9 Å². The van der Waals surface area contributed by atoms with E-state index in [0.717, 1.165) is 13.2 Å². The normalized spacial score (nSPS) is 19.7. The second-order valence-electron chi connectivity index (χ2n) is 4.75. The van der Waals surface area contributed by atoms with E-state index in [-0.39, 0.29) is 17.5 Å². The quantitative estimate of drug-likeness (QED) is 0.827. The second kappa shape index (κ2) is 6.08. The number of hydrogen-bond acceptors (Lipinski definition) is 5. The first-order valence-electron chi connectivity index (χ1n) is 6.52. The molecule has 1 atom stereocenters. The third kappa shape index (κ3) is 2.78. The van der Waals surface area contributed by atoms with Gasteiger partial charge in [0, 0.05) is 19.1 Å². The minimum atomic E-state index is -4.00. The summed E-state index contributed by atoms with van der Waals surface area (Å²) in [7, 11) is -2.92. The van der Waals surface area contributed by atoms with Crippen molar-refractivity contribution in [1.82, 2.24) is 4.31 Å². The maximum Gasteiger partial charge on any atom is 0.342 e. The van der Waals surface area contributed by atoms with Crippen LogP contribution in [0.15, 0.2) is 23.1 Å². The minimum Gasteiger partial charge on any atom is -0.465 e. The van der Waals surface area contributed by atoms with Gasteiger partial charge in [0.25, 0.3) is 0 Å². The van der Waals surface area contributed by atoms with E-state index >= 15 is 0 Å². The van der Waals surface area contributed by atoms with Crippen molar-refractivity contribution in [1.29, 1.82) is 0 Å². The van der Waals surface area contributed by atoms with E-state index < -0.39 is 27.4 Å². The van der Waals surface area contributed by atoms with Crippen LogP contribution in [0.3, 0.4) is 0 Å². The van der Waals surface area contributed by atoms with Crippen LogP contribution >= 0.6 is 0 Å². The average Bonchev–Trinajstić information content (AvgIpc) is 2.95. The maximum absolute atomic E-state index is 13.9. The molecule has 1 aromatic carbocycles. The van der Waals surface area contributed by atoms with Crippen LogP contribution in [0.25, 0.3) is 0 Å². The molecule has 8 heteroatoms. The topological polar surface area (TPSA) is 89.7 Å². The SMILES string of the molecule is COC(=O)c1c(F)cccc1S(=O)(=O)N1CCCC1CN. The number of rotatable bonds is 4. The zero-order valence-corrected chi connectivity index (χ0v) is 12.4. The Balaban J connectivity index is 2.55. The number of halogens is 1. The Hall–Kier alpha value is -1.51. The van der Waals surface area contributed by atoms with Crippen LogP contribution < -0.4 is 5.73 Å². The molecule has 0 bridgehead atoms. The summed E-state index contributed by atoms with van der Waals surface area (Å²) in [4.78, 5) is 11.3. The number of ether oxygens (including phenoxy) is 1. The fourth-order valence-electron chi connectivity index (χ4n) is 2.51. The van der Waals surface area contributed by atoms with E-state index in [9.17, 15) is 17.6 Å². The molecule has 6 nitrogen and oxygen atoms in total. The number of hydrogen-bond donors (Lipinski definition) is 1. The molecular formula is C13H17FN2O4S. The molecule has 2 rings (SSSR count). The zero-order valence-electron chi connectivity index (χ0n) is 11.6. The van der Waals surface area contributed by atoms with Crippen LogP contribution in [0, 0.1) is 5.82 Å². The van der Waals surface area contributed by atoms with Gasteiger partial charge in [-0.3, -0.25) is 0 Å². The minimum absolute atomic E-state index is 0.183. The fraction of sp³-hybridized carbons (Fsp3) is 0.462. The highest BCUT2D eigenvalue weighted by atomic mass is 32.2. The molecule has 1 heterocycles. The first kappa shape index (κ1) is 15.9. The lowest BCUT2D eigenvalue weighted by Crippen LogP contribution is -2.40. The summed E-state index contributed by atoms with van der Waals surface area (Å²) in [6, 6.07) is 3.15. The molecule has 0 aliphatic carbocycles. The second-order valence-corrected chi connectivity index (χ2v) is 6.61. The third-order valence-electron chi connectivity index (χ3n) is 3.55. The van der Waals surface area contributed by atoms with Gasteiger partial charge < -0.3 is 10.5 Å². The highest BCUT2D eigenvalue weighted by Crippen LogP contribution is 2.29. The molecular weight excluding hydrogens is 299 g/mol. The van der Waals surface area contributed by atoms with Gasteiger partial charge in [-0.15, -0.1) is 0 Å². The fourth-order valence-corrected chi connectivity index (χ4v) is 4.40. The van der Waals surface area contributed by atoms with Crippen LogP contribution in [-0.2, 0) is 14.8 Å². The van der Waals surface area contributed by atoms with Crippen molar-refractivity contribution in [2.75, 3.05) is 20.2 Å². The van der Waals surface area contributed by atoms with Gasteiger partial charge in [-0.05, 0) is 25.0 Å². The Kier molecular flexibility index (Phi) is 4.60. The molecule has 1 aliphatic rings. The highest BCUT2D eigenvalue weighted by Gasteiger charge is 2.37. The van der Waals surface area contributed by atoms with Crippen LogP contribution in [0.4, 0.5) is 4.39 Å². The zero-order chi connectivity index (χ0) is 15.6. The predicted molar refractivity (Wildman–Crippen MR) is 73.7 cm³/mol. The van der Waals surface area contributed by atoms with Crippen molar-refractivity contribution in [3.8, 4) is 0 Å². The smallest absolute Gasteiger partial charge is 0.342 e. The summed E-state index contributed by atoms with van der Waals surface area (Å²) in [5.74, 6) is -1.94. The summed E-state index contributed by atoms with van der Waals surface area (Å²) in [5, 5.41) is 0. The summed E-state index contributed by atoms with van der Waals surface area (Å²) < 4.78 is 45.0. The van der Waals surface area contributed by atoms with Crippen molar-refractivity contribution >= 4 is 16.0 Å². The number of methoxy groups -OCH3 is 1. The summed E-state index contributed by atoms with van der Waals surface area (Å²) in [6.07, 6.45) is 1.34. The van der Waals surface area contributed by atoms with Crippen LogP contribution in [0.2, 0.25) is 0 Å². The molecule has 0 spiro atoms. The lowest BCUT2D eigenvalue weighted by Gasteiger charge is -2.23. The first-order valence-corrected chi connectivity index (χ1v) is 7.96. The van der Waals surface area contributed by atoms with Crippen molar-refractivity contribution in [3.05, 3.63) is 29.6 Å². The summed E-state index contributed by atoms with van der Waals surface area (Å²) in [6.45, 7) is 0.490. The number of esters is 1. The summed E-state index contributed by atoms with van der Waals surface area (Å²) >= 11 is 0. The van der Waals surface area contributed by atoms with Gasteiger partial charge in [0.15, 0.2) is 0 Å². The van der Waals surface area contributed by atoms with Gasteiger partial charge in [-0.25, -0.2) is 17.6 Å². The van der Waals surface area contributed by atoms with E-state index in [2.05, 4.69) is 4.74 Å². The molecule has 1 unspecified atom stereocenters. The largest absolute Gasteiger partial charge is 0.465 e. The average molecular weight is 316 g/mol. The van der Waals surface area contributed by atoms with Crippen molar-refractivity contribution in [2.24, 2.45) is 5.73 Å². The number of carbonyl (C=O) groups excluding carboxylic acids is 1. The standard InChI is InChI=1S/C13H17FN2O4S/c1-20-13(17)12-10(14)5-2-6-11(12)21(18,19)16-7-3-4-9(16)8-15/h2,5-6,9H,3-4,7-8,15H2,1H3. The van der Waals surface area contributed by atoms with Gasteiger partial charge >= 0.3 is 5.97 Å². The number of nitrogens with zero attached hydrogens (tertiary/aromatic N) is 1. The first-order chi connectivity index (χ1) is 9.93. The Morgan fingerprint density at radius 1 is 1.52 bits per heavy atom. The molecule has 1 aliphatic heterocycles. The molecule has 21 heavy (non-hydrogen) atoms. The van der Waals surface area contributed by atoms with E-state index in [0.29, 0.717) is 19.4 Å². The van der Waals surface area contributed by atoms with Gasteiger partial charge in [0.2, 0.25) is 10.0 Å². The highest BCUT2D eigenvalue weighted by molar-refractivity contribution is 7.89. The number of sulfonamides is 1.